The van der Waals surface area contributed by atoms with Gasteiger partial charge in [-0.2, -0.15) is 0 Å². The minimum atomic E-state index is -0.769. The lowest BCUT2D eigenvalue weighted by molar-refractivity contribution is -0.172. The Kier molecular flexibility index (Phi) is 4.96. The van der Waals surface area contributed by atoms with Crippen molar-refractivity contribution < 1.29 is 19.2 Å². The number of hydroxylamine groups is 2. The van der Waals surface area contributed by atoms with Crippen molar-refractivity contribution >= 4 is 46.3 Å². The van der Waals surface area contributed by atoms with Crippen molar-refractivity contribution in [3.8, 4) is 0 Å². The Morgan fingerprint density at radius 3 is 2.45 bits per heavy atom. The van der Waals surface area contributed by atoms with E-state index >= 15 is 0 Å². The maximum atomic E-state index is 12.0. The Morgan fingerprint density at radius 2 is 1.91 bits per heavy atom. The zero-order valence-electron chi connectivity index (χ0n) is 11.4. The first kappa shape index (κ1) is 16.2. The normalized spacial score (nSPS) is 14.1. The Morgan fingerprint density at radius 1 is 1.27 bits per heavy atom. The van der Waals surface area contributed by atoms with Crippen LogP contribution in [-0.4, -0.2) is 28.8 Å². The molecule has 0 unspecified atom stereocenters. The van der Waals surface area contributed by atoms with E-state index in [0.29, 0.717) is 11.6 Å². The highest BCUT2D eigenvalue weighted by atomic mass is 127. The molecule has 2 amide bonds. The van der Waals surface area contributed by atoms with Gasteiger partial charge in [-0.1, -0.05) is 6.07 Å². The third kappa shape index (κ3) is 3.72. The highest BCUT2D eigenvalue weighted by Gasteiger charge is 2.33. The van der Waals surface area contributed by atoms with Crippen molar-refractivity contribution in [2.24, 2.45) is 16.5 Å². The van der Waals surface area contributed by atoms with Gasteiger partial charge in [-0.25, -0.2) is 9.79 Å². The SMILES string of the molecule is NC(N)=NCc1ccc(C(=O)ON2C(=O)CCC2=O)cc1I. The number of nitrogens with zero attached hydrogens (tertiary/aromatic N) is 2. The van der Waals surface area contributed by atoms with Crippen LogP contribution in [0.25, 0.3) is 0 Å². The zero-order chi connectivity index (χ0) is 16.3. The van der Waals surface area contributed by atoms with E-state index in [9.17, 15) is 14.4 Å². The molecule has 1 aromatic rings. The molecular weight excluding hydrogens is 403 g/mol. The van der Waals surface area contributed by atoms with E-state index in [1.807, 2.05) is 22.6 Å². The molecule has 1 aromatic carbocycles. The van der Waals surface area contributed by atoms with Gasteiger partial charge in [0.2, 0.25) is 0 Å². The summed E-state index contributed by atoms with van der Waals surface area (Å²) in [6.07, 6.45) is 0.113. The molecule has 0 spiro atoms. The van der Waals surface area contributed by atoms with Crippen LogP contribution in [0, 0.1) is 3.57 Å². The van der Waals surface area contributed by atoms with Crippen LogP contribution in [0.4, 0.5) is 0 Å². The first-order valence-electron chi connectivity index (χ1n) is 6.30. The van der Waals surface area contributed by atoms with Gasteiger partial charge in [0, 0.05) is 16.4 Å². The van der Waals surface area contributed by atoms with Gasteiger partial charge in [-0.15, -0.1) is 5.06 Å². The fourth-order valence-electron chi connectivity index (χ4n) is 1.77. The summed E-state index contributed by atoms with van der Waals surface area (Å²) in [7, 11) is 0. The highest BCUT2D eigenvalue weighted by molar-refractivity contribution is 14.1. The van der Waals surface area contributed by atoms with E-state index in [-0.39, 0.29) is 24.4 Å². The number of guanidine groups is 1. The molecule has 0 aliphatic carbocycles. The van der Waals surface area contributed by atoms with Crippen LogP contribution < -0.4 is 11.5 Å². The molecule has 1 aliphatic heterocycles. The average Bonchev–Trinajstić information content (AvgIpc) is 2.77. The number of carbonyl (C=O) groups is 3. The number of imide groups is 1. The van der Waals surface area contributed by atoms with Crippen molar-refractivity contribution in [2.75, 3.05) is 0 Å². The maximum Gasteiger partial charge on any atom is 0.363 e. The molecule has 1 heterocycles. The largest absolute Gasteiger partial charge is 0.370 e. The molecule has 0 atom stereocenters. The lowest BCUT2D eigenvalue weighted by Gasteiger charge is -2.13. The molecule has 2 rings (SSSR count). The third-order valence-corrected chi connectivity index (χ3v) is 3.90. The lowest BCUT2D eigenvalue weighted by Crippen LogP contribution is -2.32. The van der Waals surface area contributed by atoms with Gasteiger partial charge < -0.3 is 16.3 Å². The van der Waals surface area contributed by atoms with Crippen LogP contribution in [0.3, 0.4) is 0 Å². The predicted octanol–water partition coefficient (Wildman–Crippen LogP) is 0.285. The van der Waals surface area contributed by atoms with Gasteiger partial charge in [0.1, 0.15) is 0 Å². The molecule has 9 heteroatoms. The number of hydrogen-bond donors (Lipinski definition) is 2. The molecule has 0 bridgehead atoms. The Balaban J connectivity index is 2.10. The second-order valence-corrected chi connectivity index (χ2v) is 5.67. The molecule has 0 radical (unpaired) electrons. The average molecular weight is 416 g/mol. The van der Waals surface area contributed by atoms with E-state index in [4.69, 9.17) is 16.3 Å². The maximum absolute atomic E-state index is 12.0. The lowest BCUT2D eigenvalue weighted by atomic mass is 10.1. The Hall–Kier alpha value is -2.17. The van der Waals surface area contributed by atoms with Crippen molar-refractivity contribution in [2.45, 2.75) is 19.4 Å². The molecule has 0 aromatic heterocycles. The number of nitrogens with two attached hydrogens (primary N) is 2. The summed E-state index contributed by atoms with van der Waals surface area (Å²) in [5.41, 5.74) is 11.6. The van der Waals surface area contributed by atoms with Gasteiger partial charge in [0.05, 0.1) is 12.1 Å². The standard InChI is InChI=1S/C13H13IN4O4/c14-9-5-7(1-2-8(9)6-17-13(15)16)12(21)22-18-10(19)3-4-11(18)20/h1-2,5H,3-4,6H2,(H4,15,16,17). The van der Waals surface area contributed by atoms with Crippen LogP contribution in [0.1, 0.15) is 28.8 Å². The smallest absolute Gasteiger partial charge is 0.363 e. The summed E-state index contributed by atoms with van der Waals surface area (Å²) in [5, 5.41) is 0.516. The van der Waals surface area contributed by atoms with Crippen molar-refractivity contribution in [1.82, 2.24) is 5.06 Å². The topological polar surface area (TPSA) is 128 Å². The predicted molar refractivity (Wildman–Crippen MR) is 85.2 cm³/mol. The fraction of sp³-hybridized carbons (Fsp3) is 0.231. The molecular formula is C13H13IN4O4. The minimum absolute atomic E-state index is 0.0228. The Labute approximate surface area is 139 Å². The summed E-state index contributed by atoms with van der Waals surface area (Å²) in [4.78, 5) is 43.5. The summed E-state index contributed by atoms with van der Waals surface area (Å²) >= 11 is 2.03. The van der Waals surface area contributed by atoms with Crippen LogP contribution in [-0.2, 0) is 21.0 Å². The first-order valence-corrected chi connectivity index (χ1v) is 7.38. The van der Waals surface area contributed by atoms with Crippen molar-refractivity contribution in [1.29, 1.82) is 0 Å². The summed E-state index contributed by atoms with van der Waals surface area (Å²) in [6, 6.07) is 4.77. The summed E-state index contributed by atoms with van der Waals surface area (Å²) in [6.45, 7) is 0.291. The van der Waals surface area contributed by atoms with E-state index in [2.05, 4.69) is 4.99 Å². The second-order valence-electron chi connectivity index (χ2n) is 4.51. The molecule has 1 aliphatic rings. The van der Waals surface area contributed by atoms with Crippen LogP contribution in [0.15, 0.2) is 23.2 Å². The van der Waals surface area contributed by atoms with Crippen molar-refractivity contribution in [3.05, 3.63) is 32.9 Å². The highest BCUT2D eigenvalue weighted by Crippen LogP contribution is 2.18. The number of carbonyl (C=O) groups excluding carboxylic acids is 3. The number of benzene rings is 1. The third-order valence-electron chi connectivity index (χ3n) is 2.90. The summed E-state index contributed by atoms with van der Waals surface area (Å²) < 4.78 is 0.760. The van der Waals surface area contributed by atoms with Crippen LogP contribution >= 0.6 is 22.6 Å². The molecule has 116 valence electrons. The molecule has 0 saturated carbocycles. The van der Waals surface area contributed by atoms with Gasteiger partial charge in [0.15, 0.2) is 5.96 Å². The number of amides is 2. The van der Waals surface area contributed by atoms with E-state index in [0.717, 1.165) is 9.13 Å². The van der Waals surface area contributed by atoms with Gasteiger partial charge in [-0.3, -0.25) is 9.59 Å². The first-order chi connectivity index (χ1) is 10.4. The zero-order valence-corrected chi connectivity index (χ0v) is 13.6. The van der Waals surface area contributed by atoms with E-state index < -0.39 is 17.8 Å². The number of halogens is 1. The quantitative estimate of drug-likeness (QED) is 0.314. The molecule has 1 fully saturated rings. The van der Waals surface area contributed by atoms with E-state index in [1.54, 1.807) is 12.1 Å². The van der Waals surface area contributed by atoms with Gasteiger partial charge in [-0.05, 0) is 40.3 Å². The number of rotatable bonds is 4. The van der Waals surface area contributed by atoms with Crippen molar-refractivity contribution in [3.63, 3.8) is 0 Å². The fourth-order valence-corrected chi connectivity index (χ4v) is 2.46. The summed E-state index contributed by atoms with van der Waals surface area (Å²) in [5.74, 6) is -1.82. The van der Waals surface area contributed by atoms with Crippen LogP contribution in [0.5, 0.6) is 0 Å². The monoisotopic (exact) mass is 416 g/mol. The van der Waals surface area contributed by atoms with E-state index in [1.165, 1.54) is 6.07 Å². The number of aliphatic imine (C=N–C) groups is 1. The molecule has 22 heavy (non-hydrogen) atoms. The minimum Gasteiger partial charge on any atom is -0.370 e. The van der Waals surface area contributed by atoms with Crippen LogP contribution in [0.2, 0.25) is 0 Å². The molecule has 1 saturated heterocycles. The number of hydrogen-bond acceptors (Lipinski definition) is 5. The molecule has 8 nitrogen and oxygen atoms in total. The van der Waals surface area contributed by atoms with Gasteiger partial charge in [0.25, 0.3) is 11.8 Å². The Bertz CT molecular complexity index is 654. The molecule has 4 N–H and O–H groups in total. The second kappa shape index (κ2) is 6.73. The van der Waals surface area contributed by atoms with Gasteiger partial charge >= 0.3 is 5.97 Å².